The lowest BCUT2D eigenvalue weighted by Crippen LogP contribution is -2.27. The molecule has 0 heterocycles. The van der Waals surface area contributed by atoms with E-state index in [9.17, 15) is 10.2 Å². The van der Waals surface area contributed by atoms with Crippen LogP contribution in [0.3, 0.4) is 0 Å². The van der Waals surface area contributed by atoms with Gasteiger partial charge in [-0.25, -0.2) is 0 Å². The Labute approximate surface area is 87.3 Å². The molecule has 0 amide bonds. The Morgan fingerprint density at radius 1 is 1.29 bits per heavy atom. The zero-order valence-corrected chi connectivity index (χ0v) is 10.4. The van der Waals surface area contributed by atoms with Gasteiger partial charge in [-0.15, -0.1) is 13.2 Å². The summed E-state index contributed by atoms with van der Waals surface area (Å²) in [5.74, 6) is 0.544. The standard InChI is InChI=1S/C11H23O2P/c1-8-7-9(11(13)10(8)12)5-6-14(2,3)4/h8-13H,2,5-7H2,1,3-4H3/t8-,9+,10+,11-/m1/s1. The third-order valence-electron chi connectivity index (χ3n) is 3.20. The zero-order valence-electron chi connectivity index (χ0n) is 9.48. The molecular weight excluding hydrogens is 195 g/mol. The highest BCUT2D eigenvalue weighted by Crippen LogP contribution is 2.41. The van der Waals surface area contributed by atoms with E-state index in [-0.39, 0.29) is 5.92 Å². The fourth-order valence-corrected chi connectivity index (χ4v) is 3.21. The molecule has 0 bridgehead atoms. The molecule has 1 fully saturated rings. The van der Waals surface area contributed by atoms with Gasteiger partial charge in [0, 0.05) is 0 Å². The average molecular weight is 218 g/mol. The van der Waals surface area contributed by atoms with E-state index in [2.05, 4.69) is 19.6 Å². The van der Waals surface area contributed by atoms with Gasteiger partial charge >= 0.3 is 0 Å². The highest BCUT2D eigenvalue weighted by atomic mass is 31.2. The summed E-state index contributed by atoms with van der Waals surface area (Å²) < 4.78 is 0. The van der Waals surface area contributed by atoms with Gasteiger partial charge in [-0.05, 0) is 44.2 Å². The van der Waals surface area contributed by atoms with E-state index in [1.165, 1.54) is 0 Å². The largest absolute Gasteiger partial charge is 0.390 e. The first-order chi connectivity index (χ1) is 6.31. The molecule has 0 aromatic rings. The van der Waals surface area contributed by atoms with Crippen LogP contribution >= 0.6 is 6.89 Å². The van der Waals surface area contributed by atoms with E-state index in [0.29, 0.717) is 5.92 Å². The summed E-state index contributed by atoms with van der Waals surface area (Å²) in [6.45, 7) is 5.47. The van der Waals surface area contributed by atoms with Crippen molar-refractivity contribution in [3.8, 4) is 0 Å². The fraction of sp³-hybridized carbons (Fsp3) is 0.909. The Morgan fingerprint density at radius 2 is 1.86 bits per heavy atom. The molecule has 0 aromatic carbocycles. The summed E-state index contributed by atoms with van der Waals surface area (Å²) in [7, 11) is 0. The highest BCUT2D eigenvalue weighted by molar-refractivity contribution is 7.72. The Balaban J connectivity index is 2.44. The second-order valence-corrected chi connectivity index (χ2v) is 9.72. The molecule has 0 spiro atoms. The van der Waals surface area contributed by atoms with Crippen molar-refractivity contribution >= 4 is 13.2 Å². The van der Waals surface area contributed by atoms with Crippen LogP contribution in [-0.2, 0) is 0 Å². The Hall–Kier alpha value is 0.220. The Bertz CT molecular complexity index is 233. The highest BCUT2D eigenvalue weighted by Gasteiger charge is 2.38. The fourth-order valence-electron chi connectivity index (χ4n) is 2.18. The van der Waals surface area contributed by atoms with E-state index in [0.717, 1.165) is 19.0 Å². The normalized spacial score (nSPS) is 38.9. The number of aliphatic hydroxyl groups is 2. The van der Waals surface area contributed by atoms with Gasteiger partial charge in [-0.3, -0.25) is 0 Å². The first-order valence-corrected chi connectivity index (χ1v) is 8.40. The maximum absolute atomic E-state index is 9.77. The van der Waals surface area contributed by atoms with Crippen LogP contribution in [0.1, 0.15) is 19.8 Å². The SMILES string of the molecule is C=P(C)(C)CC[C@H]1C[C@@H](C)[C@H](O)[C@@H]1O. The minimum atomic E-state index is -0.977. The minimum Gasteiger partial charge on any atom is -0.390 e. The van der Waals surface area contributed by atoms with Gasteiger partial charge in [-0.2, -0.15) is 0 Å². The molecule has 1 aliphatic carbocycles. The summed E-state index contributed by atoms with van der Waals surface area (Å²) in [5.41, 5.74) is 0. The van der Waals surface area contributed by atoms with Gasteiger partial charge in [0.25, 0.3) is 0 Å². The first-order valence-electron chi connectivity index (χ1n) is 5.35. The molecule has 1 aliphatic rings. The summed E-state index contributed by atoms with van der Waals surface area (Å²) in [4.78, 5) is 0. The lowest BCUT2D eigenvalue weighted by atomic mass is 10.0. The number of hydrogen-bond acceptors (Lipinski definition) is 2. The van der Waals surface area contributed by atoms with E-state index in [1.807, 2.05) is 6.92 Å². The Morgan fingerprint density at radius 3 is 2.21 bits per heavy atom. The molecule has 1 saturated carbocycles. The lowest BCUT2D eigenvalue weighted by Gasteiger charge is -2.19. The summed E-state index contributed by atoms with van der Waals surface area (Å²) in [5, 5.41) is 19.4. The van der Waals surface area contributed by atoms with Gasteiger partial charge in [0.15, 0.2) is 0 Å². The Kier molecular flexibility index (Phi) is 3.85. The van der Waals surface area contributed by atoms with Crippen LogP contribution in [0.4, 0.5) is 0 Å². The van der Waals surface area contributed by atoms with Crippen molar-refractivity contribution in [1.82, 2.24) is 0 Å². The monoisotopic (exact) mass is 218 g/mol. The van der Waals surface area contributed by atoms with Crippen molar-refractivity contribution in [2.45, 2.75) is 32.0 Å². The van der Waals surface area contributed by atoms with Gasteiger partial charge in [0.05, 0.1) is 12.2 Å². The van der Waals surface area contributed by atoms with Gasteiger partial charge in [-0.1, -0.05) is 6.92 Å². The van der Waals surface area contributed by atoms with Crippen molar-refractivity contribution in [2.75, 3.05) is 19.5 Å². The molecule has 0 unspecified atom stereocenters. The average Bonchev–Trinajstić information content (AvgIpc) is 2.28. The minimum absolute atomic E-state index is 0.251. The smallest absolute Gasteiger partial charge is 0.0830 e. The molecule has 0 aromatic heterocycles. The summed E-state index contributed by atoms with van der Waals surface area (Å²) in [6, 6.07) is 0. The van der Waals surface area contributed by atoms with Crippen LogP contribution in [0.2, 0.25) is 0 Å². The molecular formula is C11H23O2P. The van der Waals surface area contributed by atoms with Crippen LogP contribution < -0.4 is 0 Å². The molecule has 2 N–H and O–H groups in total. The van der Waals surface area contributed by atoms with Crippen LogP contribution in [0, 0.1) is 11.8 Å². The van der Waals surface area contributed by atoms with Crippen molar-refractivity contribution in [1.29, 1.82) is 0 Å². The van der Waals surface area contributed by atoms with Crippen LogP contribution in [-0.4, -0.2) is 48.2 Å². The van der Waals surface area contributed by atoms with E-state index in [4.69, 9.17) is 0 Å². The predicted molar refractivity (Wildman–Crippen MR) is 64.7 cm³/mol. The molecule has 0 radical (unpaired) electrons. The molecule has 3 heteroatoms. The third kappa shape index (κ3) is 3.12. The lowest BCUT2D eigenvalue weighted by molar-refractivity contribution is 0.00639. The third-order valence-corrected chi connectivity index (χ3v) is 4.66. The second kappa shape index (κ2) is 4.38. The molecule has 0 aliphatic heterocycles. The van der Waals surface area contributed by atoms with Gasteiger partial charge in [0.2, 0.25) is 0 Å². The van der Waals surface area contributed by atoms with Crippen LogP contribution in [0.5, 0.6) is 0 Å². The quantitative estimate of drug-likeness (QED) is 0.704. The first kappa shape index (κ1) is 12.3. The molecule has 14 heavy (non-hydrogen) atoms. The van der Waals surface area contributed by atoms with Crippen molar-refractivity contribution < 1.29 is 10.2 Å². The van der Waals surface area contributed by atoms with Gasteiger partial charge in [0.1, 0.15) is 0 Å². The molecule has 4 atom stereocenters. The van der Waals surface area contributed by atoms with Crippen molar-refractivity contribution in [3.05, 3.63) is 0 Å². The van der Waals surface area contributed by atoms with Crippen molar-refractivity contribution in [2.24, 2.45) is 11.8 Å². The predicted octanol–water partition coefficient (Wildman–Crippen LogP) is 1.46. The topological polar surface area (TPSA) is 40.5 Å². The van der Waals surface area contributed by atoms with Gasteiger partial charge < -0.3 is 10.2 Å². The number of hydrogen-bond donors (Lipinski definition) is 2. The maximum Gasteiger partial charge on any atom is 0.0830 e. The van der Waals surface area contributed by atoms with E-state index < -0.39 is 19.1 Å². The molecule has 84 valence electrons. The number of aliphatic hydroxyl groups excluding tert-OH is 2. The maximum atomic E-state index is 9.77. The number of rotatable bonds is 3. The van der Waals surface area contributed by atoms with Crippen LogP contribution in [0.25, 0.3) is 0 Å². The molecule has 2 nitrogen and oxygen atoms in total. The van der Waals surface area contributed by atoms with E-state index >= 15 is 0 Å². The van der Waals surface area contributed by atoms with Crippen LogP contribution in [0.15, 0.2) is 0 Å². The zero-order chi connectivity index (χ0) is 10.9. The summed E-state index contributed by atoms with van der Waals surface area (Å²) in [6.07, 6.45) is 6.25. The summed E-state index contributed by atoms with van der Waals surface area (Å²) >= 11 is 0. The van der Waals surface area contributed by atoms with Crippen molar-refractivity contribution in [3.63, 3.8) is 0 Å². The molecule has 0 saturated heterocycles. The molecule has 1 rings (SSSR count). The second-order valence-electron chi connectivity index (χ2n) is 5.40. The van der Waals surface area contributed by atoms with E-state index in [1.54, 1.807) is 0 Å².